The zero-order valence-electron chi connectivity index (χ0n) is 7.89. The number of amides is 1. The van der Waals surface area contributed by atoms with Crippen LogP contribution in [0.4, 0.5) is 10.1 Å². The molecule has 0 spiro atoms. The summed E-state index contributed by atoms with van der Waals surface area (Å²) in [6, 6.07) is 3.99. The van der Waals surface area contributed by atoms with Crippen LogP contribution in [0.15, 0.2) is 18.2 Å². The van der Waals surface area contributed by atoms with Crippen molar-refractivity contribution in [2.75, 3.05) is 11.9 Å². The molecule has 1 fully saturated rings. The first-order valence-corrected chi connectivity index (χ1v) is 5.04. The molecule has 0 unspecified atom stereocenters. The SMILES string of the molecule is O=C1NCC[C@H]1Nc1ccc(Cl)cc1F. The van der Waals surface area contributed by atoms with Crippen LogP contribution in [-0.4, -0.2) is 18.5 Å². The lowest BCUT2D eigenvalue weighted by molar-refractivity contribution is -0.119. The molecule has 0 aromatic heterocycles. The lowest BCUT2D eigenvalue weighted by Crippen LogP contribution is -2.29. The number of halogens is 2. The van der Waals surface area contributed by atoms with Crippen molar-refractivity contribution in [1.82, 2.24) is 5.32 Å². The van der Waals surface area contributed by atoms with Gasteiger partial charge in [0, 0.05) is 11.6 Å². The summed E-state index contributed by atoms with van der Waals surface area (Å²) in [6.45, 7) is 0.631. The maximum atomic E-state index is 13.4. The minimum absolute atomic E-state index is 0.0932. The summed E-state index contributed by atoms with van der Waals surface area (Å²) >= 11 is 5.62. The van der Waals surface area contributed by atoms with E-state index in [4.69, 9.17) is 11.6 Å². The Kier molecular flexibility index (Phi) is 2.77. The van der Waals surface area contributed by atoms with E-state index in [1.165, 1.54) is 12.1 Å². The predicted octanol–water partition coefficient (Wildman–Crippen LogP) is 1.78. The molecular formula is C10H10ClFN2O. The molecule has 0 aliphatic carbocycles. The Morgan fingerprint density at radius 1 is 1.53 bits per heavy atom. The van der Waals surface area contributed by atoms with Gasteiger partial charge in [0.1, 0.15) is 11.9 Å². The molecule has 1 aliphatic heterocycles. The van der Waals surface area contributed by atoms with Crippen LogP contribution in [0.5, 0.6) is 0 Å². The third-order valence-corrected chi connectivity index (χ3v) is 2.54. The van der Waals surface area contributed by atoms with Gasteiger partial charge in [0.05, 0.1) is 5.69 Å². The van der Waals surface area contributed by atoms with Gasteiger partial charge < -0.3 is 10.6 Å². The molecule has 15 heavy (non-hydrogen) atoms. The molecule has 1 aromatic carbocycles. The van der Waals surface area contributed by atoms with E-state index in [1.54, 1.807) is 6.07 Å². The van der Waals surface area contributed by atoms with Gasteiger partial charge >= 0.3 is 0 Å². The average molecular weight is 229 g/mol. The van der Waals surface area contributed by atoms with Gasteiger partial charge in [-0.25, -0.2) is 4.39 Å². The first kappa shape index (κ1) is 10.2. The molecule has 1 aliphatic rings. The van der Waals surface area contributed by atoms with Gasteiger partial charge in [-0.3, -0.25) is 4.79 Å². The van der Waals surface area contributed by atoms with E-state index >= 15 is 0 Å². The van der Waals surface area contributed by atoms with Gasteiger partial charge in [-0.05, 0) is 24.6 Å². The summed E-state index contributed by atoms with van der Waals surface area (Å²) < 4.78 is 13.4. The molecule has 1 amide bonds. The molecule has 5 heteroatoms. The van der Waals surface area contributed by atoms with Crippen molar-refractivity contribution in [3.63, 3.8) is 0 Å². The zero-order valence-corrected chi connectivity index (χ0v) is 8.64. The Bertz CT molecular complexity index is 397. The fourth-order valence-electron chi connectivity index (χ4n) is 1.53. The number of hydrogen-bond donors (Lipinski definition) is 2. The van der Waals surface area contributed by atoms with Crippen LogP contribution in [-0.2, 0) is 4.79 Å². The number of nitrogens with one attached hydrogen (secondary N) is 2. The number of carbonyl (C=O) groups is 1. The van der Waals surface area contributed by atoms with Crippen LogP contribution in [0.1, 0.15) is 6.42 Å². The molecular weight excluding hydrogens is 219 g/mol. The fraction of sp³-hybridized carbons (Fsp3) is 0.300. The van der Waals surface area contributed by atoms with Crippen LogP contribution < -0.4 is 10.6 Å². The number of anilines is 1. The molecule has 1 saturated heterocycles. The van der Waals surface area contributed by atoms with Crippen molar-refractivity contribution in [2.24, 2.45) is 0 Å². The van der Waals surface area contributed by atoms with Crippen molar-refractivity contribution in [3.8, 4) is 0 Å². The van der Waals surface area contributed by atoms with Crippen molar-refractivity contribution in [2.45, 2.75) is 12.5 Å². The predicted molar refractivity (Wildman–Crippen MR) is 56.4 cm³/mol. The first-order valence-electron chi connectivity index (χ1n) is 4.66. The highest BCUT2D eigenvalue weighted by Gasteiger charge is 2.24. The van der Waals surface area contributed by atoms with Crippen LogP contribution in [0.3, 0.4) is 0 Å². The quantitative estimate of drug-likeness (QED) is 0.810. The van der Waals surface area contributed by atoms with Crippen LogP contribution >= 0.6 is 11.6 Å². The number of benzene rings is 1. The summed E-state index contributed by atoms with van der Waals surface area (Å²) in [6.07, 6.45) is 0.668. The van der Waals surface area contributed by atoms with Gasteiger partial charge in [-0.15, -0.1) is 0 Å². The lowest BCUT2D eigenvalue weighted by Gasteiger charge is -2.12. The minimum Gasteiger partial charge on any atom is -0.371 e. The second kappa shape index (κ2) is 4.06. The summed E-state index contributed by atoms with van der Waals surface area (Å²) in [5.41, 5.74) is 0.307. The third-order valence-electron chi connectivity index (χ3n) is 2.31. The normalized spacial score (nSPS) is 20.1. The Morgan fingerprint density at radius 2 is 2.33 bits per heavy atom. The molecule has 1 atom stereocenters. The third kappa shape index (κ3) is 2.21. The highest BCUT2D eigenvalue weighted by molar-refractivity contribution is 6.30. The Balaban J connectivity index is 2.13. The van der Waals surface area contributed by atoms with Crippen molar-refractivity contribution in [1.29, 1.82) is 0 Å². The highest BCUT2D eigenvalue weighted by atomic mass is 35.5. The lowest BCUT2D eigenvalue weighted by atomic mass is 10.2. The first-order chi connectivity index (χ1) is 7.16. The van der Waals surface area contributed by atoms with E-state index in [-0.39, 0.29) is 11.9 Å². The standard InChI is InChI=1S/C10H10ClFN2O/c11-6-1-2-8(7(12)5-6)14-9-3-4-13-10(9)15/h1-2,5,9,14H,3-4H2,(H,13,15)/t9-/m1/s1. The molecule has 0 saturated carbocycles. The molecule has 3 nitrogen and oxygen atoms in total. The minimum atomic E-state index is -0.442. The summed E-state index contributed by atoms with van der Waals surface area (Å²) in [5.74, 6) is -0.536. The van der Waals surface area contributed by atoms with Gasteiger partial charge in [-0.1, -0.05) is 11.6 Å². The van der Waals surface area contributed by atoms with Gasteiger partial charge in [0.2, 0.25) is 5.91 Å². The fourth-order valence-corrected chi connectivity index (χ4v) is 1.68. The van der Waals surface area contributed by atoms with E-state index in [0.717, 1.165) is 0 Å². The smallest absolute Gasteiger partial charge is 0.242 e. The van der Waals surface area contributed by atoms with Crippen LogP contribution in [0.25, 0.3) is 0 Å². The van der Waals surface area contributed by atoms with E-state index in [1.807, 2.05) is 0 Å². The van der Waals surface area contributed by atoms with Gasteiger partial charge in [0.15, 0.2) is 0 Å². The molecule has 0 radical (unpaired) electrons. The van der Waals surface area contributed by atoms with Crippen molar-refractivity contribution < 1.29 is 9.18 Å². The second-order valence-electron chi connectivity index (χ2n) is 3.40. The second-order valence-corrected chi connectivity index (χ2v) is 3.84. The van der Waals surface area contributed by atoms with Gasteiger partial charge in [-0.2, -0.15) is 0 Å². The zero-order chi connectivity index (χ0) is 10.8. The average Bonchev–Trinajstić information content (AvgIpc) is 2.57. The molecule has 1 aromatic rings. The van der Waals surface area contributed by atoms with Crippen molar-refractivity contribution >= 4 is 23.2 Å². The highest BCUT2D eigenvalue weighted by Crippen LogP contribution is 2.20. The molecule has 0 bridgehead atoms. The maximum Gasteiger partial charge on any atom is 0.242 e. The number of carbonyl (C=O) groups excluding carboxylic acids is 1. The molecule has 1 heterocycles. The van der Waals surface area contributed by atoms with Gasteiger partial charge in [0.25, 0.3) is 0 Å². The topological polar surface area (TPSA) is 41.1 Å². The van der Waals surface area contributed by atoms with E-state index < -0.39 is 5.82 Å². The molecule has 2 N–H and O–H groups in total. The van der Waals surface area contributed by atoms with E-state index in [9.17, 15) is 9.18 Å². The summed E-state index contributed by atoms with van der Waals surface area (Å²) in [5, 5.41) is 5.85. The summed E-state index contributed by atoms with van der Waals surface area (Å²) in [7, 11) is 0. The van der Waals surface area contributed by atoms with Crippen LogP contribution in [0, 0.1) is 5.82 Å². The maximum absolute atomic E-state index is 13.4. The monoisotopic (exact) mass is 228 g/mol. The Morgan fingerprint density at radius 3 is 2.93 bits per heavy atom. The Labute approximate surface area is 91.6 Å². The van der Waals surface area contributed by atoms with Crippen LogP contribution in [0.2, 0.25) is 5.02 Å². The molecule has 80 valence electrons. The van der Waals surface area contributed by atoms with E-state index in [2.05, 4.69) is 10.6 Å². The molecule has 2 rings (SSSR count). The largest absolute Gasteiger partial charge is 0.371 e. The van der Waals surface area contributed by atoms with Crippen molar-refractivity contribution in [3.05, 3.63) is 29.0 Å². The number of rotatable bonds is 2. The number of hydrogen-bond acceptors (Lipinski definition) is 2. The summed E-state index contributed by atoms with van der Waals surface area (Å²) in [4.78, 5) is 11.2. The van der Waals surface area contributed by atoms with E-state index in [0.29, 0.717) is 23.7 Å². The Hall–Kier alpha value is -1.29.